The van der Waals surface area contributed by atoms with E-state index in [0.29, 0.717) is 30.9 Å². The van der Waals surface area contributed by atoms with Crippen LogP contribution in [-0.2, 0) is 11.2 Å². The Hall–Kier alpha value is -2.41. The monoisotopic (exact) mass is 372 g/mol. The summed E-state index contributed by atoms with van der Waals surface area (Å²) in [4.78, 5) is 24.2. The number of halogens is 1. The zero-order chi connectivity index (χ0) is 18.8. The minimum absolute atomic E-state index is 0.137. The van der Waals surface area contributed by atoms with Crippen LogP contribution >= 0.6 is 0 Å². The topological polar surface area (TPSA) is 61.5 Å². The zero-order valence-electron chi connectivity index (χ0n) is 15.5. The van der Waals surface area contributed by atoms with Crippen molar-refractivity contribution in [1.29, 1.82) is 0 Å². The number of aromatic nitrogens is 2. The highest BCUT2D eigenvalue weighted by atomic mass is 19.1. The van der Waals surface area contributed by atoms with E-state index < -0.39 is 0 Å². The van der Waals surface area contributed by atoms with E-state index in [-0.39, 0.29) is 17.4 Å². The van der Waals surface area contributed by atoms with E-state index in [1.54, 1.807) is 6.07 Å². The first kappa shape index (κ1) is 18.0. The molecule has 2 saturated heterocycles. The molecule has 0 radical (unpaired) electrons. The van der Waals surface area contributed by atoms with Gasteiger partial charge in [0.1, 0.15) is 11.6 Å². The maximum Gasteiger partial charge on any atom is 0.254 e. The number of H-pyrrole nitrogens is 1. The van der Waals surface area contributed by atoms with Crippen molar-refractivity contribution in [2.24, 2.45) is 5.92 Å². The van der Waals surface area contributed by atoms with E-state index in [2.05, 4.69) is 21.7 Å². The van der Waals surface area contributed by atoms with Gasteiger partial charge in [0.15, 0.2) is 0 Å². The first-order valence-electron chi connectivity index (χ1n) is 9.55. The molecule has 1 aromatic heterocycles. The quantitative estimate of drug-likeness (QED) is 0.892. The fraction of sp³-hybridized carbons (Fsp3) is 0.500. The van der Waals surface area contributed by atoms with Gasteiger partial charge in [0.05, 0.1) is 13.2 Å². The van der Waals surface area contributed by atoms with Crippen LogP contribution in [0.5, 0.6) is 0 Å². The van der Waals surface area contributed by atoms with Crippen LogP contribution in [-0.4, -0.2) is 48.9 Å². The molecule has 27 heavy (non-hydrogen) atoms. The first-order chi connectivity index (χ1) is 13.1. The average molecular weight is 372 g/mol. The van der Waals surface area contributed by atoms with Crippen molar-refractivity contribution in [1.82, 2.24) is 9.97 Å². The Labute approximate surface area is 158 Å². The second kappa shape index (κ2) is 7.68. The van der Waals surface area contributed by atoms with E-state index in [9.17, 15) is 9.18 Å². The lowest BCUT2D eigenvalue weighted by Gasteiger charge is -2.30. The fourth-order valence-corrected chi connectivity index (χ4v) is 3.97. The molecule has 6 nitrogen and oxygen atoms in total. The smallest absolute Gasteiger partial charge is 0.254 e. The standard InChI is InChI=1S/C20H25FN4O2/c1-14-6-7-25(17(14)12-15-2-4-16(21)5-3-15)20-22-18(13-19(26)23-20)24-8-10-27-11-9-24/h2-5,13-14,17H,6-12H2,1H3,(H,22,23,26)/t14-,17+/m0/s1. The highest BCUT2D eigenvalue weighted by Gasteiger charge is 2.33. The summed E-state index contributed by atoms with van der Waals surface area (Å²) in [6, 6.07) is 8.44. The number of anilines is 2. The first-order valence-corrected chi connectivity index (χ1v) is 9.55. The number of morpholine rings is 1. The number of hydrogen-bond acceptors (Lipinski definition) is 5. The molecule has 2 aliphatic rings. The van der Waals surface area contributed by atoms with Crippen molar-refractivity contribution in [2.45, 2.75) is 25.8 Å². The Morgan fingerprint density at radius 3 is 2.70 bits per heavy atom. The van der Waals surface area contributed by atoms with Gasteiger partial charge in [-0.25, -0.2) is 4.39 Å². The largest absolute Gasteiger partial charge is 0.378 e. The molecule has 0 saturated carbocycles. The van der Waals surface area contributed by atoms with E-state index in [1.807, 2.05) is 12.1 Å². The molecule has 4 rings (SSSR count). The summed E-state index contributed by atoms with van der Waals surface area (Å²) in [6.07, 6.45) is 1.84. The second-order valence-electron chi connectivity index (χ2n) is 7.38. The molecule has 0 spiro atoms. The third-order valence-electron chi connectivity index (χ3n) is 5.56. The summed E-state index contributed by atoms with van der Waals surface area (Å²) in [5, 5.41) is 0. The van der Waals surface area contributed by atoms with Gasteiger partial charge in [-0.15, -0.1) is 0 Å². The van der Waals surface area contributed by atoms with Crippen LogP contribution in [0.1, 0.15) is 18.9 Å². The summed E-state index contributed by atoms with van der Waals surface area (Å²) >= 11 is 0. The number of benzene rings is 1. The predicted octanol–water partition coefficient (Wildman–Crippen LogP) is 2.20. The second-order valence-corrected chi connectivity index (χ2v) is 7.38. The minimum Gasteiger partial charge on any atom is -0.378 e. The van der Waals surface area contributed by atoms with E-state index in [1.165, 1.54) is 12.1 Å². The van der Waals surface area contributed by atoms with Crippen molar-refractivity contribution < 1.29 is 9.13 Å². The Kier molecular flexibility index (Phi) is 5.11. The van der Waals surface area contributed by atoms with Crippen molar-refractivity contribution in [2.75, 3.05) is 42.6 Å². The number of ether oxygens (including phenoxy) is 1. The molecule has 0 unspecified atom stereocenters. The third-order valence-corrected chi connectivity index (χ3v) is 5.56. The van der Waals surface area contributed by atoms with Gasteiger partial charge in [0.2, 0.25) is 5.95 Å². The normalized spacial score (nSPS) is 23.0. The molecule has 7 heteroatoms. The van der Waals surface area contributed by atoms with Crippen molar-refractivity contribution in [3.05, 3.63) is 52.1 Å². The van der Waals surface area contributed by atoms with Gasteiger partial charge in [-0.2, -0.15) is 4.98 Å². The molecular weight excluding hydrogens is 347 g/mol. The molecule has 2 fully saturated rings. The van der Waals surface area contributed by atoms with Crippen LogP contribution < -0.4 is 15.4 Å². The average Bonchev–Trinajstić information content (AvgIpc) is 3.04. The zero-order valence-corrected chi connectivity index (χ0v) is 15.5. The van der Waals surface area contributed by atoms with E-state index in [0.717, 1.165) is 38.0 Å². The summed E-state index contributed by atoms with van der Waals surface area (Å²) in [7, 11) is 0. The SMILES string of the molecule is C[C@H]1CCN(c2nc(N3CCOCC3)cc(=O)[nH]2)[C@@H]1Cc1ccc(F)cc1. The van der Waals surface area contributed by atoms with Gasteiger partial charge in [-0.3, -0.25) is 9.78 Å². The van der Waals surface area contributed by atoms with Crippen molar-refractivity contribution >= 4 is 11.8 Å². The van der Waals surface area contributed by atoms with Crippen LogP contribution in [0.3, 0.4) is 0 Å². The molecule has 144 valence electrons. The van der Waals surface area contributed by atoms with Gasteiger partial charge < -0.3 is 14.5 Å². The molecule has 0 amide bonds. The summed E-state index contributed by atoms with van der Waals surface area (Å²) in [6.45, 7) is 5.85. The fourth-order valence-electron chi connectivity index (χ4n) is 3.97. The summed E-state index contributed by atoms with van der Waals surface area (Å²) in [5.74, 6) is 1.57. The van der Waals surface area contributed by atoms with Gasteiger partial charge in [-0.05, 0) is 36.5 Å². The molecular formula is C20H25FN4O2. The van der Waals surface area contributed by atoms with Gasteiger partial charge >= 0.3 is 0 Å². The van der Waals surface area contributed by atoms with Crippen LogP contribution in [0.4, 0.5) is 16.2 Å². The van der Waals surface area contributed by atoms with Crippen LogP contribution in [0.2, 0.25) is 0 Å². The van der Waals surface area contributed by atoms with Gasteiger partial charge in [-0.1, -0.05) is 19.1 Å². The van der Waals surface area contributed by atoms with Crippen molar-refractivity contribution in [3.8, 4) is 0 Å². The molecule has 0 bridgehead atoms. The number of nitrogens with zero attached hydrogens (tertiary/aromatic N) is 3. The van der Waals surface area contributed by atoms with Gasteiger partial charge in [0.25, 0.3) is 5.56 Å². The Morgan fingerprint density at radius 1 is 1.22 bits per heavy atom. The highest BCUT2D eigenvalue weighted by molar-refractivity contribution is 5.45. The number of hydrogen-bond donors (Lipinski definition) is 1. The van der Waals surface area contributed by atoms with Crippen LogP contribution in [0, 0.1) is 11.7 Å². The number of nitrogens with one attached hydrogen (secondary N) is 1. The number of aromatic amines is 1. The van der Waals surface area contributed by atoms with Crippen molar-refractivity contribution in [3.63, 3.8) is 0 Å². The molecule has 1 aromatic carbocycles. The predicted molar refractivity (Wildman–Crippen MR) is 103 cm³/mol. The molecule has 2 aliphatic heterocycles. The Balaban J connectivity index is 1.59. The maximum absolute atomic E-state index is 13.2. The molecule has 2 aromatic rings. The molecule has 2 atom stereocenters. The van der Waals surface area contributed by atoms with Crippen LogP contribution in [0.25, 0.3) is 0 Å². The van der Waals surface area contributed by atoms with Gasteiger partial charge in [0, 0.05) is 31.7 Å². The minimum atomic E-state index is -0.223. The lowest BCUT2D eigenvalue weighted by Crippen LogP contribution is -2.39. The maximum atomic E-state index is 13.2. The Bertz CT molecular complexity index is 833. The lowest BCUT2D eigenvalue weighted by molar-refractivity contribution is 0.122. The number of rotatable bonds is 4. The van der Waals surface area contributed by atoms with E-state index in [4.69, 9.17) is 9.72 Å². The highest BCUT2D eigenvalue weighted by Crippen LogP contribution is 2.30. The Morgan fingerprint density at radius 2 is 1.96 bits per heavy atom. The summed E-state index contributed by atoms with van der Waals surface area (Å²) in [5.41, 5.74) is 0.952. The van der Waals surface area contributed by atoms with E-state index >= 15 is 0 Å². The molecule has 0 aliphatic carbocycles. The third kappa shape index (κ3) is 3.98. The summed E-state index contributed by atoms with van der Waals surface area (Å²) < 4.78 is 18.6. The molecule has 3 heterocycles. The van der Waals surface area contributed by atoms with Crippen LogP contribution in [0.15, 0.2) is 35.1 Å². The molecule has 1 N–H and O–H groups in total. The lowest BCUT2D eigenvalue weighted by atomic mass is 9.96.